The molecule has 6 heteroatoms. The summed E-state index contributed by atoms with van der Waals surface area (Å²) in [7, 11) is 0. The topological polar surface area (TPSA) is 77.2 Å². The molecule has 4 aromatic rings. The Morgan fingerprint density at radius 2 is 1.55 bits per heavy atom. The second-order valence-corrected chi connectivity index (χ2v) is 7.80. The van der Waals surface area contributed by atoms with E-state index in [4.69, 9.17) is 9.15 Å². The predicted molar refractivity (Wildman–Crippen MR) is 127 cm³/mol. The van der Waals surface area contributed by atoms with Crippen molar-refractivity contribution in [3.8, 4) is 0 Å². The van der Waals surface area contributed by atoms with Crippen LogP contribution in [0.1, 0.15) is 40.2 Å². The normalized spacial score (nSPS) is 13.0. The van der Waals surface area contributed by atoms with Gasteiger partial charge >= 0.3 is 5.97 Å². The van der Waals surface area contributed by atoms with Crippen molar-refractivity contribution in [2.24, 2.45) is 0 Å². The van der Waals surface area contributed by atoms with Gasteiger partial charge < -0.3 is 9.15 Å². The van der Waals surface area contributed by atoms with Crippen LogP contribution in [0.4, 0.5) is 0 Å². The average molecular weight is 440 g/mol. The van der Waals surface area contributed by atoms with Crippen molar-refractivity contribution in [1.29, 1.82) is 0 Å². The standard InChI is InChI=1S/C27H25N3O3/c1-27(28-19-22-13-7-3-8-14-22,20-32-25(31)23-15-9-4-10-16-23)26-30-29-24(33-26)18-17-21-11-5-2-6-12-21/h2-18,28H,19-20H2,1H3/b18-17+. The molecule has 0 aliphatic rings. The molecule has 0 radical (unpaired) electrons. The van der Waals surface area contributed by atoms with Gasteiger partial charge in [0.05, 0.1) is 5.56 Å². The van der Waals surface area contributed by atoms with Crippen molar-refractivity contribution in [2.75, 3.05) is 6.61 Å². The summed E-state index contributed by atoms with van der Waals surface area (Å²) in [6.45, 7) is 2.45. The number of hydrogen-bond acceptors (Lipinski definition) is 6. The number of nitrogens with one attached hydrogen (secondary N) is 1. The van der Waals surface area contributed by atoms with Gasteiger partial charge in [0.25, 0.3) is 0 Å². The van der Waals surface area contributed by atoms with E-state index in [1.807, 2.05) is 79.7 Å². The Morgan fingerprint density at radius 1 is 0.909 bits per heavy atom. The molecule has 1 heterocycles. The first-order chi connectivity index (χ1) is 16.1. The van der Waals surface area contributed by atoms with Gasteiger partial charge in [0.15, 0.2) is 0 Å². The lowest BCUT2D eigenvalue weighted by atomic mass is 10.0. The quantitative estimate of drug-likeness (QED) is 0.366. The van der Waals surface area contributed by atoms with Gasteiger partial charge in [-0.15, -0.1) is 10.2 Å². The van der Waals surface area contributed by atoms with Gasteiger partial charge in [-0.25, -0.2) is 4.79 Å². The van der Waals surface area contributed by atoms with E-state index < -0.39 is 11.5 Å². The Hall–Kier alpha value is -4.03. The molecule has 1 N–H and O–H groups in total. The molecule has 1 atom stereocenters. The molecule has 0 saturated carbocycles. The Morgan fingerprint density at radius 3 is 2.24 bits per heavy atom. The zero-order valence-electron chi connectivity index (χ0n) is 18.3. The smallest absolute Gasteiger partial charge is 0.338 e. The van der Waals surface area contributed by atoms with E-state index in [1.54, 1.807) is 30.3 Å². The van der Waals surface area contributed by atoms with Gasteiger partial charge in [0, 0.05) is 12.6 Å². The van der Waals surface area contributed by atoms with Gasteiger partial charge in [-0.05, 0) is 36.3 Å². The first-order valence-corrected chi connectivity index (χ1v) is 10.7. The molecule has 0 saturated heterocycles. The van der Waals surface area contributed by atoms with E-state index in [-0.39, 0.29) is 6.61 Å². The first-order valence-electron chi connectivity index (χ1n) is 10.7. The Bertz CT molecular complexity index is 1190. The predicted octanol–water partition coefficient (Wildman–Crippen LogP) is 5.10. The highest BCUT2D eigenvalue weighted by Gasteiger charge is 2.34. The summed E-state index contributed by atoms with van der Waals surface area (Å²) < 4.78 is 11.6. The van der Waals surface area contributed by atoms with Crippen molar-refractivity contribution in [3.63, 3.8) is 0 Å². The number of benzene rings is 3. The van der Waals surface area contributed by atoms with E-state index in [2.05, 4.69) is 15.5 Å². The van der Waals surface area contributed by atoms with Crippen molar-refractivity contribution in [2.45, 2.75) is 19.0 Å². The molecule has 1 unspecified atom stereocenters. The lowest BCUT2D eigenvalue weighted by molar-refractivity contribution is 0.0342. The molecule has 0 spiro atoms. The number of aromatic nitrogens is 2. The Labute approximate surface area is 192 Å². The van der Waals surface area contributed by atoms with Crippen LogP contribution in [0.15, 0.2) is 95.4 Å². The summed E-state index contributed by atoms with van der Waals surface area (Å²) in [4.78, 5) is 12.5. The average Bonchev–Trinajstić information content (AvgIpc) is 3.37. The molecule has 0 bridgehead atoms. The number of rotatable bonds is 9. The monoisotopic (exact) mass is 439 g/mol. The Balaban J connectivity index is 1.52. The van der Waals surface area contributed by atoms with E-state index in [9.17, 15) is 4.79 Å². The molecular weight excluding hydrogens is 414 g/mol. The van der Waals surface area contributed by atoms with Crippen LogP contribution < -0.4 is 5.32 Å². The molecule has 0 aliphatic carbocycles. The fourth-order valence-electron chi connectivity index (χ4n) is 3.21. The third kappa shape index (κ3) is 6.02. The van der Waals surface area contributed by atoms with Crippen LogP contribution >= 0.6 is 0 Å². The molecule has 33 heavy (non-hydrogen) atoms. The number of esters is 1. The molecule has 3 aromatic carbocycles. The van der Waals surface area contributed by atoms with Gasteiger partial charge in [0.2, 0.25) is 11.8 Å². The highest BCUT2D eigenvalue weighted by Crippen LogP contribution is 2.22. The third-order valence-corrected chi connectivity index (χ3v) is 5.16. The fraction of sp³-hybridized carbons (Fsp3) is 0.148. The highest BCUT2D eigenvalue weighted by atomic mass is 16.5. The van der Waals surface area contributed by atoms with E-state index in [0.717, 1.165) is 11.1 Å². The lowest BCUT2D eigenvalue weighted by Gasteiger charge is -2.27. The number of carbonyl (C=O) groups is 1. The molecule has 0 amide bonds. The highest BCUT2D eigenvalue weighted by molar-refractivity contribution is 5.89. The maximum atomic E-state index is 12.5. The maximum absolute atomic E-state index is 12.5. The minimum absolute atomic E-state index is 0.0254. The van der Waals surface area contributed by atoms with Crippen LogP contribution in [0.3, 0.4) is 0 Å². The van der Waals surface area contributed by atoms with E-state index in [1.165, 1.54) is 0 Å². The molecule has 1 aromatic heterocycles. The summed E-state index contributed by atoms with van der Waals surface area (Å²) >= 11 is 0. The lowest BCUT2D eigenvalue weighted by Crippen LogP contribution is -2.44. The molecule has 166 valence electrons. The van der Waals surface area contributed by atoms with Gasteiger partial charge in [0.1, 0.15) is 12.1 Å². The van der Waals surface area contributed by atoms with Crippen molar-refractivity contribution < 1.29 is 13.9 Å². The van der Waals surface area contributed by atoms with Gasteiger partial charge in [-0.1, -0.05) is 78.9 Å². The maximum Gasteiger partial charge on any atom is 0.338 e. The number of carbonyl (C=O) groups excluding carboxylic acids is 1. The number of hydrogen-bond donors (Lipinski definition) is 1. The molecular formula is C27H25N3O3. The van der Waals surface area contributed by atoms with Crippen molar-refractivity contribution >= 4 is 18.1 Å². The van der Waals surface area contributed by atoms with Crippen molar-refractivity contribution in [3.05, 3.63) is 119 Å². The van der Waals surface area contributed by atoms with Crippen molar-refractivity contribution in [1.82, 2.24) is 15.5 Å². The summed E-state index contributed by atoms with van der Waals surface area (Å²) in [5.74, 6) is 0.301. The summed E-state index contributed by atoms with van der Waals surface area (Å²) in [5, 5.41) is 11.8. The summed E-state index contributed by atoms with van der Waals surface area (Å²) in [5.41, 5.74) is 1.72. The zero-order chi connectivity index (χ0) is 22.9. The van der Waals surface area contributed by atoms with Crippen LogP contribution in [0, 0.1) is 0 Å². The molecule has 0 fully saturated rings. The van der Waals surface area contributed by atoms with Crippen LogP contribution in [-0.2, 0) is 16.8 Å². The van der Waals surface area contributed by atoms with Crippen LogP contribution in [-0.4, -0.2) is 22.8 Å². The first kappa shape index (κ1) is 22.2. The number of ether oxygens (including phenoxy) is 1. The minimum Gasteiger partial charge on any atom is -0.460 e. The van der Waals surface area contributed by atoms with E-state index >= 15 is 0 Å². The fourth-order valence-corrected chi connectivity index (χ4v) is 3.21. The van der Waals surface area contributed by atoms with Crippen LogP contribution in [0.2, 0.25) is 0 Å². The summed E-state index contributed by atoms with van der Waals surface area (Å²) in [6, 6.07) is 28.7. The van der Waals surface area contributed by atoms with Crippen LogP contribution in [0.25, 0.3) is 12.2 Å². The van der Waals surface area contributed by atoms with Gasteiger partial charge in [-0.3, -0.25) is 5.32 Å². The zero-order valence-corrected chi connectivity index (χ0v) is 18.3. The second kappa shape index (κ2) is 10.5. The SMILES string of the molecule is CC(COC(=O)c1ccccc1)(NCc1ccccc1)c1nnc(/C=C/c2ccccc2)o1. The molecule has 4 rings (SSSR count). The molecule has 0 aliphatic heterocycles. The number of nitrogens with zero attached hydrogens (tertiary/aromatic N) is 2. The van der Waals surface area contributed by atoms with Crippen LogP contribution in [0.5, 0.6) is 0 Å². The van der Waals surface area contributed by atoms with Gasteiger partial charge in [-0.2, -0.15) is 0 Å². The summed E-state index contributed by atoms with van der Waals surface area (Å²) in [6.07, 6.45) is 3.67. The minimum atomic E-state index is -0.883. The van der Waals surface area contributed by atoms with E-state index in [0.29, 0.717) is 23.9 Å². The third-order valence-electron chi connectivity index (χ3n) is 5.16. The molecule has 6 nitrogen and oxygen atoms in total. The Kier molecular flexibility index (Phi) is 7.07. The largest absolute Gasteiger partial charge is 0.460 e. The second-order valence-electron chi connectivity index (χ2n) is 7.80.